The van der Waals surface area contributed by atoms with E-state index in [2.05, 4.69) is 22.9 Å². The predicted octanol–water partition coefficient (Wildman–Crippen LogP) is 2.39. The Kier molecular flexibility index (Phi) is 9.64. The molecule has 1 atom stereocenters. The quantitative estimate of drug-likeness (QED) is 0.524. The molecule has 3 amide bonds. The van der Waals surface area contributed by atoms with Crippen LogP contribution in [-0.2, 0) is 9.59 Å². The molecule has 2 rings (SSSR count). The van der Waals surface area contributed by atoms with Crippen LogP contribution in [0.5, 0.6) is 0 Å². The summed E-state index contributed by atoms with van der Waals surface area (Å²) in [6.45, 7) is 4.61. The SMILES string of the molecule is CCCCCCNC(=O)C1CCCN(CC(=O)Nc2ccc(C(=O)NC)cc2)C1. The van der Waals surface area contributed by atoms with E-state index in [0.29, 0.717) is 17.8 Å². The number of nitrogens with zero attached hydrogens (tertiary/aromatic N) is 1. The average molecular weight is 403 g/mol. The first-order valence-corrected chi connectivity index (χ1v) is 10.7. The maximum atomic E-state index is 12.4. The van der Waals surface area contributed by atoms with Gasteiger partial charge >= 0.3 is 0 Å². The van der Waals surface area contributed by atoms with Crippen LogP contribution in [0.4, 0.5) is 5.69 Å². The second-order valence-corrected chi connectivity index (χ2v) is 7.63. The van der Waals surface area contributed by atoms with Crippen LogP contribution in [0.3, 0.4) is 0 Å². The van der Waals surface area contributed by atoms with Gasteiger partial charge in [0.05, 0.1) is 12.5 Å². The molecule has 0 aromatic heterocycles. The summed E-state index contributed by atoms with van der Waals surface area (Å²) in [7, 11) is 1.58. The van der Waals surface area contributed by atoms with Crippen LogP contribution in [0.25, 0.3) is 0 Å². The van der Waals surface area contributed by atoms with Crippen molar-refractivity contribution in [2.75, 3.05) is 38.5 Å². The van der Waals surface area contributed by atoms with Crippen LogP contribution in [0, 0.1) is 5.92 Å². The number of likely N-dealkylation sites (tertiary alicyclic amines) is 1. The molecule has 1 heterocycles. The number of rotatable bonds is 10. The Balaban J connectivity index is 1.75. The number of unbranched alkanes of at least 4 members (excludes halogenated alkanes) is 3. The third-order valence-corrected chi connectivity index (χ3v) is 5.23. The molecule has 0 bridgehead atoms. The van der Waals surface area contributed by atoms with E-state index in [1.54, 1.807) is 31.3 Å². The van der Waals surface area contributed by atoms with E-state index in [4.69, 9.17) is 0 Å². The number of amides is 3. The fourth-order valence-electron chi connectivity index (χ4n) is 3.57. The van der Waals surface area contributed by atoms with E-state index in [0.717, 1.165) is 38.8 Å². The molecule has 7 nitrogen and oxygen atoms in total. The van der Waals surface area contributed by atoms with Crippen molar-refractivity contribution < 1.29 is 14.4 Å². The molecule has 0 saturated carbocycles. The van der Waals surface area contributed by atoms with Crippen molar-refractivity contribution in [3.05, 3.63) is 29.8 Å². The normalized spacial score (nSPS) is 16.8. The Hall–Kier alpha value is -2.41. The van der Waals surface area contributed by atoms with Gasteiger partial charge in [0.25, 0.3) is 5.91 Å². The maximum absolute atomic E-state index is 12.4. The standard InChI is InChI=1S/C22H34N4O3/c1-3-4-5-6-13-24-22(29)18-8-7-14-26(15-18)16-20(27)25-19-11-9-17(10-12-19)21(28)23-2/h9-12,18H,3-8,13-16H2,1-2H3,(H,23,28)(H,24,29)(H,25,27). The van der Waals surface area contributed by atoms with Gasteiger partial charge in [0, 0.05) is 31.4 Å². The topological polar surface area (TPSA) is 90.5 Å². The molecular formula is C22H34N4O3. The van der Waals surface area contributed by atoms with E-state index in [9.17, 15) is 14.4 Å². The van der Waals surface area contributed by atoms with E-state index >= 15 is 0 Å². The van der Waals surface area contributed by atoms with E-state index < -0.39 is 0 Å². The first-order chi connectivity index (χ1) is 14.0. The molecular weight excluding hydrogens is 368 g/mol. The van der Waals surface area contributed by atoms with Gasteiger partial charge in [-0.1, -0.05) is 26.2 Å². The molecule has 7 heteroatoms. The minimum atomic E-state index is -0.161. The maximum Gasteiger partial charge on any atom is 0.251 e. The van der Waals surface area contributed by atoms with Crippen LogP contribution in [0.2, 0.25) is 0 Å². The Bertz CT molecular complexity index is 675. The summed E-state index contributed by atoms with van der Waals surface area (Å²) >= 11 is 0. The zero-order valence-electron chi connectivity index (χ0n) is 17.6. The summed E-state index contributed by atoms with van der Waals surface area (Å²) in [5.74, 6) is -0.213. The summed E-state index contributed by atoms with van der Waals surface area (Å²) in [5.41, 5.74) is 1.20. The van der Waals surface area contributed by atoms with Crippen molar-refractivity contribution in [2.45, 2.75) is 45.4 Å². The molecule has 1 aliphatic heterocycles. The van der Waals surface area contributed by atoms with Gasteiger partial charge in [0.2, 0.25) is 11.8 Å². The van der Waals surface area contributed by atoms with E-state index in [1.807, 2.05) is 4.90 Å². The largest absolute Gasteiger partial charge is 0.356 e. The molecule has 3 N–H and O–H groups in total. The highest BCUT2D eigenvalue weighted by Crippen LogP contribution is 2.17. The zero-order chi connectivity index (χ0) is 21.1. The van der Waals surface area contributed by atoms with E-state index in [1.165, 1.54) is 12.8 Å². The molecule has 0 spiro atoms. The number of benzene rings is 1. The van der Waals surface area contributed by atoms with Crippen LogP contribution in [-0.4, -0.2) is 55.8 Å². The van der Waals surface area contributed by atoms with Crippen molar-refractivity contribution in [3.63, 3.8) is 0 Å². The van der Waals surface area contributed by atoms with Gasteiger partial charge in [-0.05, 0) is 50.1 Å². The highest BCUT2D eigenvalue weighted by molar-refractivity contribution is 5.96. The number of carbonyl (C=O) groups excluding carboxylic acids is 3. The zero-order valence-corrected chi connectivity index (χ0v) is 17.6. The molecule has 1 aliphatic rings. The molecule has 1 unspecified atom stereocenters. The third kappa shape index (κ3) is 7.85. The Morgan fingerprint density at radius 3 is 2.55 bits per heavy atom. The summed E-state index contributed by atoms with van der Waals surface area (Å²) < 4.78 is 0. The van der Waals surface area contributed by atoms with Gasteiger partial charge in [-0.3, -0.25) is 19.3 Å². The Morgan fingerprint density at radius 2 is 1.86 bits per heavy atom. The molecule has 1 saturated heterocycles. The Labute approximate surface area is 173 Å². The van der Waals surface area contributed by atoms with Gasteiger partial charge in [-0.15, -0.1) is 0 Å². The minimum Gasteiger partial charge on any atom is -0.356 e. The highest BCUT2D eigenvalue weighted by atomic mass is 16.2. The molecule has 0 aliphatic carbocycles. The van der Waals surface area contributed by atoms with Gasteiger partial charge in [-0.25, -0.2) is 0 Å². The molecule has 1 aromatic carbocycles. The lowest BCUT2D eigenvalue weighted by atomic mass is 9.97. The second kappa shape index (κ2) is 12.2. The third-order valence-electron chi connectivity index (χ3n) is 5.23. The number of hydrogen-bond acceptors (Lipinski definition) is 4. The monoisotopic (exact) mass is 402 g/mol. The second-order valence-electron chi connectivity index (χ2n) is 7.63. The number of nitrogens with one attached hydrogen (secondary N) is 3. The molecule has 0 radical (unpaired) electrons. The highest BCUT2D eigenvalue weighted by Gasteiger charge is 2.26. The van der Waals surface area contributed by atoms with Gasteiger partial charge in [0.15, 0.2) is 0 Å². The van der Waals surface area contributed by atoms with Crippen molar-refractivity contribution in [1.82, 2.24) is 15.5 Å². The molecule has 1 aromatic rings. The number of carbonyl (C=O) groups is 3. The van der Waals surface area contributed by atoms with Crippen LogP contribution < -0.4 is 16.0 Å². The molecule has 29 heavy (non-hydrogen) atoms. The Morgan fingerprint density at radius 1 is 1.10 bits per heavy atom. The van der Waals surface area contributed by atoms with Crippen molar-refractivity contribution >= 4 is 23.4 Å². The first kappa shape index (κ1) is 22.9. The van der Waals surface area contributed by atoms with Crippen molar-refractivity contribution in [2.24, 2.45) is 5.92 Å². The van der Waals surface area contributed by atoms with Gasteiger partial charge in [-0.2, -0.15) is 0 Å². The summed E-state index contributed by atoms with van der Waals surface area (Å²) in [6, 6.07) is 6.79. The van der Waals surface area contributed by atoms with Gasteiger partial charge < -0.3 is 16.0 Å². The molecule has 1 fully saturated rings. The fraction of sp³-hybridized carbons (Fsp3) is 0.591. The smallest absolute Gasteiger partial charge is 0.251 e. The fourth-order valence-corrected chi connectivity index (χ4v) is 3.57. The lowest BCUT2D eigenvalue weighted by Crippen LogP contribution is -2.45. The van der Waals surface area contributed by atoms with Gasteiger partial charge in [0.1, 0.15) is 0 Å². The van der Waals surface area contributed by atoms with Crippen LogP contribution in [0.1, 0.15) is 55.8 Å². The van der Waals surface area contributed by atoms with Crippen LogP contribution in [0.15, 0.2) is 24.3 Å². The van der Waals surface area contributed by atoms with E-state index in [-0.39, 0.29) is 30.2 Å². The van der Waals surface area contributed by atoms with Crippen molar-refractivity contribution in [1.29, 1.82) is 0 Å². The summed E-state index contributed by atoms with van der Waals surface area (Å²) in [5, 5.41) is 8.47. The predicted molar refractivity (Wildman–Crippen MR) is 115 cm³/mol. The lowest BCUT2D eigenvalue weighted by molar-refractivity contribution is -0.128. The number of hydrogen-bond donors (Lipinski definition) is 3. The minimum absolute atomic E-state index is 0.0467. The molecule has 160 valence electrons. The van der Waals surface area contributed by atoms with Crippen LogP contribution >= 0.6 is 0 Å². The lowest BCUT2D eigenvalue weighted by Gasteiger charge is -2.31. The number of piperidine rings is 1. The summed E-state index contributed by atoms with van der Waals surface area (Å²) in [4.78, 5) is 38.4. The summed E-state index contributed by atoms with van der Waals surface area (Å²) in [6.07, 6.45) is 6.36. The number of anilines is 1. The first-order valence-electron chi connectivity index (χ1n) is 10.7. The van der Waals surface area contributed by atoms with Crippen molar-refractivity contribution in [3.8, 4) is 0 Å². The average Bonchev–Trinajstić information content (AvgIpc) is 2.73.